The number of H-pyrrole nitrogens is 1. The van der Waals surface area contributed by atoms with E-state index < -0.39 is 17.3 Å². The summed E-state index contributed by atoms with van der Waals surface area (Å²) in [5, 5.41) is 0.179. The van der Waals surface area contributed by atoms with Gasteiger partial charge >= 0.3 is 5.97 Å². The molecule has 0 aliphatic carbocycles. The van der Waals surface area contributed by atoms with Gasteiger partial charge in [0.15, 0.2) is 5.78 Å². The lowest BCUT2D eigenvalue weighted by atomic mass is 10.0. The van der Waals surface area contributed by atoms with Crippen molar-refractivity contribution in [1.29, 1.82) is 0 Å². The van der Waals surface area contributed by atoms with Crippen LogP contribution in [0.2, 0.25) is 0 Å². The van der Waals surface area contributed by atoms with Crippen LogP contribution in [-0.4, -0.2) is 27.1 Å². The summed E-state index contributed by atoms with van der Waals surface area (Å²) in [7, 11) is 0. The molecule has 0 amide bonds. The first-order valence-electron chi connectivity index (χ1n) is 9.78. The minimum absolute atomic E-state index is 0.133. The molecule has 2 heterocycles. The van der Waals surface area contributed by atoms with Crippen molar-refractivity contribution in [2.24, 2.45) is 0 Å². The first-order chi connectivity index (χ1) is 15.4. The summed E-state index contributed by atoms with van der Waals surface area (Å²) < 4.78 is 6.28. The number of hydrogen-bond acceptors (Lipinski definition) is 5. The van der Waals surface area contributed by atoms with E-state index in [4.69, 9.17) is 4.74 Å². The van der Waals surface area contributed by atoms with E-state index in [0.717, 1.165) is 16.3 Å². The van der Waals surface area contributed by atoms with Crippen LogP contribution >= 0.6 is 0 Å². The number of aromatic amines is 1. The number of nitrogens with zero attached hydrogens (tertiary/aromatic N) is 1. The highest BCUT2D eigenvalue weighted by Gasteiger charge is 2.30. The highest BCUT2D eigenvalue weighted by Crippen LogP contribution is 2.27. The van der Waals surface area contributed by atoms with Gasteiger partial charge in [-0.1, -0.05) is 54.6 Å². The van der Waals surface area contributed by atoms with E-state index in [-0.39, 0.29) is 33.5 Å². The van der Waals surface area contributed by atoms with Gasteiger partial charge in [0.2, 0.25) is 5.78 Å². The number of ether oxygens (including phenoxy) is 1. The van der Waals surface area contributed by atoms with Crippen LogP contribution in [0.4, 0.5) is 0 Å². The maximum atomic E-state index is 13.0. The minimum atomic E-state index is -0.870. The van der Waals surface area contributed by atoms with Crippen molar-refractivity contribution in [2.75, 3.05) is 0 Å². The predicted octanol–water partition coefficient (Wildman–Crippen LogP) is 1.68. The van der Waals surface area contributed by atoms with Gasteiger partial charge in [-0.2, -0.15) is 0 Å². The van der Waals surface area contributed by atoms with Crippen molar-refractivity contribution in [3.63, 3.8) is 0 Å². The fourth-order valence-corrected chi connectivity index (χ4v) is 3.23. The lowest BCUT2D eigenvalue weighted by molar-refractivity contribution is -0.130. The molecule has 2 aromatic carbocycles. The Balaban J connectivity index is 1.82. The number of carbonyl (C=O) groups is 3. The second-order valence-electron chi connectivity index (χ2n) is 7.05. The Bertz CT molecular complexity index is 1470. The highest BCUT2D eigenvalue weighted by molar-refractivity contribution is 6.29. The van der Waals surface area contributed by atoms with Crippen LogP contribution in [0.25, 0.3) is 24.4 Å². The molecule has 3 aromatic rings. The average Bonchev–Trinajstić information content (AvgIpc) is 3.05. The number of carbonyl (C=O) groups excluding carboxylic acids is 3. The fourth-order valence-electron chi connectivity index (χ4n) is 3.23. The van der Waals surface area contributed by atoms with Gasteiger partial charge in [-0.3, -0.25) is 19.0 Å². The van der Waals surface area contributed by atoms with Gasteiger partial charge < -0.3 is 9.72 Å². The Labute approximate surface area is 182 Å². The van der Waals surface area contributed by atoms with Crippen LogP contribution in [0.5, 0.6) is 5.75 Å². The van der Waals surface area contributed by atoms with Crippen LogP contribution in [-0.2, 0) is 9.59 Å². The third kappa shape index (κ3) is 4.17. The Morgan fingerprint density at radius 3 is 2.47 bits per heavy atom. The maximum Gasteiger partial charge on any atom is 0.349 e. The summed E-state index contributed by atoms with van der Waals surface area (Å²) in [4.78, 5) is 52.8. The summed E-state index contributed by atoms with van der Waals surface area (Å²) >= 11 is 0. The predicted molar refractivity (Wildman–Crippen MR) is 120 cm³/mol. The Hall–Kier alpha value is -4.52. The number of fused-ring (bicyclic) bond motifs is 1. The van der Waals surface area contributed by atoms with Crippen molar-refractivity contribution in [2.45, 2.75) is 6.92 Å². The zero-order chi connectivity index (χ0) is 22.7. The standard InChI is InChI=1S/C25H18N2O5/c1-16(28)14-22-26-20(12-7-10-17-8-3-2-4-9-17)24(30)27(22)15-19-23(29)18-11-5-6-13-21(18)32-25(19)31/h2-15,26H,1H3. The molecule has 32 heavy (non-hydrogen) atoms. The monoisotopic (exact) mass is 426 g/mol. The number of aromatic nitrogens is 2. The van der Waals surface area contributed by atoms with Gasteiger partial charge in [0, 0.05) is 12.3 Å². The lowest BCUT2D eigenvalue weighted by Crippen LogP contribution is -2.31. The van der Waals surface area contributed by atoms with Crippen LogP contribution in [0.3, 0.4) is 0 Å². The molecule has 0 saturated carbocycles. The Kier molecular flexibility index (Phi) is 5.63. The third-order valence-corrected chi connectivity index (χ3v) is 4.72. The van der Waals surface area contributed by atoms with Crippen LogP contribution in [0, 0.1) is 0 Å². The number of para-hydroxylation sites is 1. The van der Waals surface area contributed by atoms with Gasteiger partial charge in [-0.15, -0.1) is 0 Å². The van der Waals surface area contributed by atoms with E-state index >= 15 is 0 Å². The molecule has 1 N–H and O–H groups in total. The third-order valence-electron chi connectivity index (χ3n) is 4.72. The second kappa shape index (κ2) is 8.69. The molecular weight excluding hydrogens is 408 g/mol. The normalized spacial score (nSPS) is 16.0. The summed E-state index contributed by atoms with van der Waals surface area (Å²) in [5.41, 5.74) is 0.462. The van der Waals surface area contributed by atoms with Crippen molar-refractivity contribution in [1.82, 2.24) is 9.55 Å². The quantitative estimate of drug-likeness (QED) is 0.296. The molecule has 7 heteroatoms. The molecular formula is C25H18N2O5. The molecule has 4 rings (SSSR count). The SMILES string of the molecule is CC(=O)C=c1[nH]c(=CC=Cc2ccccc2)c(=O)n1C=C1C(=O)Oc2ccccc2C1=O. The molecule has 1 aromatic heterocycles. The number of ketones is 2. The summed E-state index contributed by atoms with van der Waals surface area (Å²) in [6.45, 7) is 1.33. The van der Waals surface area contributed by atoms with Crippen LogP contribution in [0.15, 0.2) is 71.0 Å². The van der Waals surface area contributed by atoms with Crippen LogP contribution in [0.1, 0.15) is 22.8 Å². The second-order valence-corrected chi connectivity index (χ2v) is 7.05. The molecule has 0 unspecified atom stereocenters. The van der Waals surface area contributed by atoms with Gasteiger partial charge in [-0.25, -0.2) is 4.79 Å². The first-order valence-corrected chi connectivity index (χ1v) is 9.78. The van der Waals surface area contributed by atoms with Crippen molar-refractivity contribution in [3.05, 3.63) is 98.6 Å². The number of imidazole rings is 1. The smallest absolute Gasteiger partial charge is 0.349 e. The molecule has 0 saturated heterocycles. The van der Waals surface area contributed by atoms with E-state index in [1.807, 2.05) is 36.4 Å². The Morgan fingerprint density at radius 1 is 1.00 bits per heavy atom. The van der Waals surface area contributed by atoms with Crippen molar-refractivity contribution < 1.29 is 19.1 Å². The molecule has 7 nitrogen and oxygen atoms in total. The topological polar surface area (TPSA) is 98.2 Å². The first kappa shape index (κ1) is 20.7. The summed E-state index contributed by atoms with van der Waals surface area (Å²) in [6, 6.07) is 15.9. The van der Waals surface area contributed by atoms with Crippen molar-refractivity contribution >= 4 is 42.0 Å². The summed E-state index contributed by atoms with van der Waals surface area (Å²) in [5.74, 6) is -1.58. The number of nitrogens with one attached hydrogen (secondary N) is 1. The number of benzene rings is 2. The number of Topliss-reactive ketones (excluding diaryl/α,β-unsaturated/α-hetero) is 2. The minimum Gasteiger partial charge on any atom is -0.422 e. The highest BCUT2D eigenvalue weighted by atomic mass is 16.5. The van der Waals surface area contributed by atoms with Gasteiger partial charge in [0.1, 0.15) is 22.2 Å². The molecule has 1 aliphatic heterocycles. The van der Waals surface area contributed by atoms with E-state index in [0.29, 0.717) is 0 Å². The fraction of sp³-hybridized carbons (Fsp3) is 0.0400. The molecule has 0 spiro atoms. The maximum absolute atomic E-state index is 13.0. The molecule has 0 atom stereocenters. The molecule has 0 bridgehead atoms. The van der Waals surface area contributed by atoms with Crippen molar-refractivity contribution in [3.8, 4) is 5.75 Å². The molecule has 158 valence electrons. The van der Waals surface area contributed by atoms with Gasteiger partial charge in [-0.05, 0) is 30.7 Å². The van der Waals surface area contributed by atoms with E-state index in [9.17, 15) is 19.2 Å². The average molecular weight is 426 g/mol. The molecule has 0 fully saturated rings. The Morgan fingerprint density at radius 2 is 1.72 bits per heavy atom. The van der Waals surface area contributed by atoms with E-state index in [1.165, 1.54) is 25.1 Å². The van der Waals surface area contributed by atoms with Gasteiger partial charge in [0.05, 0.1) is 5.56 Å². The van der Waals surface area contributed by atoms with Crippen LogP contribution < -0.4 is 21.1 Å². The number of rotatable bonds is 4. The number of hydrogen-bond donors (Lipinski definition) is 1. The number of allylic oxidation sites excluding steroid dienone is 1. The summed E-state index contributed by atoms with van der Waals surface area (Å²) in [6.07, 6.45) is 7.37. The lowest BCUT2D eigenvalue weighted by Gasteiger charge is -2.16. The number of esters is 1. The molecule has 1 aliphatic rings. The molecule has 0 radical (unpaired) electrons. The zero-order valence-electron chi connectivity index (χ0n) is 17.1. The largest absolute Gasteiger partial charge is 0.422 e. The zero-order valence-corrected chi connectivity index (χ0v) is 17.1. The van der Waals surface area contributed by atoms with Gasteiger partial charge in [0.25, 0.3) is 5.56 Å². The van der Waals surface area contributed by atoms with E-state index in [1.54, 1.807) is 24.3 Å². The van der Waals surface area contributed by atoms with E-state index in [2.05, 4.69) is 4.98 Å².